The van der Waals surface area contributed by atoms with Gasteiger partial charge >= 0.3 is 0 Å². The predicted molar refractivity (Wildman–Crippen MR) is 130 cm³/mol. The Kier molecular flexibility index (Phi) is 7.08. The Labute approximate surface area is 194 Å². The first-order chi connectivity index (χ1) is 14.1. The van der Waals surface area contributed by atoms with Crippen molar-refractivity contribution in [3.8, 4) is 11.8 Å². The fraction of sp³-hybridized carbons (Fsp3) is 0.704. The Morgan fingerprint density at radius 1 is 1.00 bits per heavy atom. The van der Waals surface area contributed by atoms with Gasteiger partial charge in [-0.2, -0.15) is 0 Å². The van der Waals surface area contributed by atoms with E-state index >= 15 is 0 Å². The molecule has 4 bridgehead atoms. The molecule has 0 N–H and O–H groups in total. The summed E-state index contributed by atoms with van der Waals surface area (Å²) in [5.41, 5.74) is 2.89. The Balaban J connectivity index is 0.00000218. The molecule has 3 heteroatoms. The van der Waals surface area contributed by atoms with Gasteiger partial charge in [-0.15, -0.1) is 12.4 Å². The van der Waals surface area contributed by atoms with Gasteiger partial charge in [-0.25, -0.2) is 0 Å². The molecule has 5 aliphatic rings. The monoisotopic (exact) mass is 445 g/mol. The quantitative estimate of drug-likeness (QED) is 0.434. The number of nitrogens with zero attached hydrogens (tertiary/aromatic N) is 1. The van der Waals surface area contributed by atoms with Crippen LogP contribution in [0.15, 0.2) is 18.2 Å². The molecule has 5 fully saturated rings. The molecule has 0 unspecified atom stereocenters. The van der Waals surface area contributed by atoms with Crippen LogP contribution >= 0.6 is 24.0 Å². The SMILES string of the molecule is CCN(CC#Cc1ccc(C2CCCCC2)c(Cl)c1)C12CC3CC(CC(C3)C1)C2.Cl. The summed E-state index contributed by atoms with van der Waals surface area (Å²) in [6, 6.07) is 6.56. The van der Waals surface area contributed by atoms with Crippen LogP contribution in [0, 0.1) is 29.6 Å². The topological polar surface area (TPSA) is 3.24 Å². The van der Waals surface area contributed by atoms with Gasteiger partial charge in [-0.3, -0.25) is 4.90 Å². The molecular formula is C27H37Cl2N. The van der Waals surface area contributed by atoms with Gasteiger partial charge in [0.05, 0.1) is 6.54 Å². The van der Waals surface area contributed by atoms with Gasteiger partial charge in [-0.1, -0.05) is 55.7 Å². The Morgan fingerprint density at radius 3 is 2.20 bits per heavy atom. The van der Waals surface area contributed by atoms with Crippen LogP contribution in [-0.4, -0.2) is 23.5 Å². The number of rotatable bonds is 4. The number of benzene rings is 1. The standard InChI is InChI=1S/C27H36ClN.ClH/c1-2-29(27-17-21-13-22(18-27)15-23(14-21)19-27)12-6-7-20-10-11-25(26(28)16-20)24-8-4-3-5-9-24;/h10-11,16,21-24H,2-5,8-9,12-15,17-19H2,1H3;1H. The zero-order chi connectivity index (χ0) is 19.8. The van der Waals surface area contributed by atoms with Crippen molar-refractivity contribution in [2.75, 3.05) is 13.1 Å². The van der Waals surface area contributed by atoms with Crippen molar-refractivity contribution in [1.29, 1.82) is 0 Å². The largest absolute Gasteiger partial charge is 0.287 e. The lowest BCUT2D eigenvalue weighted by Crippen LogP contribution is -2.60. The van der Waals surface area contributed by atoms with Crippen LogP contribution in [0.3, 0.4) is 0 Å². The van der Waals surface area contributed by atoms with Gasteiger partial charge in [-0.05, 0) is 99.3 Å². The highest BCUT2D eigenvalue weighted by Crippen LogP contribution is 2.57. The molecule has 0 spiro atoms. The highest BCUT2D eigenvalue weighted by molar-refractivity contribution is 6.31. The second-order valence-electron chi connectivity index (χ2n) is 10.5. The molecule has 0 aliphatic heterocycles. The summed E-state index contributed by atoms with van der Waals surface area (Å²) in [7, 11) is 0. The van der Waals surface area contributed by atoms with Crippen molar-refractivity contribution in [2.24, 2.45) is 17.8 Å². The third-order valence-electron chi connectivity index (χ3n) is 8.61. The lowest BCUT2D eigenvalue weighted by Gasteiger charge is -2.60. The van der Waals surface area contributed by atoms with E-state index < -0.39 is 0 Å². The zero-order valence-corrected chi connectivity index (χ0v) is 20.0. The second kappa shape index (κ2) is 9.44. The summed E-state index contributed by atoms with van der Waals surface area (Å²) < 4.78 is 0. The van der Waals surface area contributed by atoms with E-state index in [4.69, 9.17) is 11.6 Å². The summed E-state index contributed by atoms with van der Waals surface area (Å²) in [5.74, 6) is 10.6. The van der Waals surface area contributed by atoms with Crippen LogP contribution in [0.25, 0.3) is 0 Å². The number of hydrogen-bond acceptors (Lipinski definition) is 1. The third-order valence-corrected chi connectivity index (χ3v) is 8.93. The Hall–Kier alpha value is -0.680. The van der Waals surface area contributed by atoms with Crippen LogP contribution in [0.1, 0.15) is 94.6 Å². The van der Waals surface area contributed by atoms with Gasteiger partial charge in [0.15, 0.2) is 0 Å². The van der Waals surface area contributed by atoms with Crippen LogP contribution in [-0.2, 0) is 0 Å². The van der Waals surface area contributed by atoms with Gasteiger partial charge in [0, 0.05) is 16.1 Å². The lowest BCUT2D eigenvalue weighted by atomic mass is 9.52. The first-order valence-electron chi connectivity index (χ1n) is 12.2. The van der Waals surface area contributed by atoms with E-state index in [1.807, 2.05) is 0 Å². The van der Waals surface area contributed by atoms with E-state index in [1.165, 1.54) is 76.2 Å². The van der Waals surface area contributed by atoms with E-state index in [-0.39, 0.29) is 12.4 Å². The molecule has 1 aromatic rings. The van der Waals surface area contributed by atoms with Crippen LogP contribution in [0.5, 0.6) is 0 Å². The number of halogens is 2. The highest BCUT2D eigenvalue weighted by Gasteiger charge is 2.52. The summed E-state index contributed by atoms with van der Waals surface area (Å²) in [6.45, 7) is 4.36. The summed E-state index contributed by atoms with van der Waals surface area (Å²) in [5, 5.41) is 0.928. The minimum absolute atomic E-state index is 0. The summed E-state index contributed by atoms with van der Waals surface area (Å²) >= 11 is 6.66. The van der Waals surface area contributed by atoms with Crippen molar-refractivity contribution < 1.29 is 0 Å². The molecule has 5 aliphatic carbocycles. The van der Waals surface area contributed by atoms with E-state index in [0.717, 1.165) is 41.4 Å². The van der Waals surface area contributed by atoms with Crippen molar-refractivity contribution in [3.63, 3.8) is 0 Å². The average molecular weight is 447 g/mol. The summed E-state index contributed by atoms with van der Waals surface area (Å²) in [4.78, 5) is 2.72. The van der Waals surface area contributed by atoms with E-state index in [2.05, 4.69) is 41.9 Å². The molecule has 6 rings (SSSR count). The highest BCUT2D eigenvalue weighted by atomic mass is 35.5. The molecule has 30 heavy (non-hydrogen) atoms. The van der Waals surface area contributed by atoms with E-state index in [1.54, 1.807) is 0 Å². The molecular weight excluding hydrogens is 409 g/mol. The fourth-order valence-corrected chi connectivity index (χ4v) is 7.99. The van der Waals surface area contributed by atoms with E-state index in [9.17, 15) is 0 Å². The van der Waals surface area contributed by atoms with Gasteiger partial charge in [0.25, 0.3) is 0 Å². The molecule has 0 amide bonds. The molecule has 164 valence electrons. The number of hydrogen-bond donors (Lipinski definition) is 0. The lowest BCUT2D eigenvalue weighted by molar-refractivity contribution is -0.0821. The zero-order valence-electron chi connectivity index (χ0n) is 18.5. The second-order valence-corrected chi connectivity index (χ2v) is 10.9. The van der Waals surface area contributed by atoms with Crippen molar-refractivity contribution in [1.82, 2.24) is 4.90 Å². The van der Waals surface area contributed by atoms with E-state index in [0.29, 0.717) is 11.5 Å². The van der Waals surface area contributed by atoms with Gasteiger partial charge in [0.2, 0.25) is 0 Å². The maximum Gasteiger partial charge on any atom is 0.0609 e. The Morgan fingerprint density at radius 2 is 1.63 bits per heavy atom. The molecule has 5 saturated carbocycles. The first kappa shape index (κ1) is 22.5. The van der Waals surface area contributed by atoms with Gasteiger partial charge < -0.3 is 0 Å². The fourth-order valence-electron chi connectivity index (χ4n) is 7.65. The minimum atomic E-state index is 0. The molecule has 0 atom stereocenters. The smallest absolute Gasteiger partial charge is 0.0609 e. The van der Waals surface area contributed by atoms with Crippen LogP contribution in [0.2, 0.25) is 5.02 Å². The van der Waals surface area contributed by atoms with Crippen LogP contribution < -0.4 is 0 Å². The van der Waals surface area contributed by atoms with Gasteiger partial charge in [0.1, 0.15) is 0 Å². The maximum atomic E-state index is 6.66. The van der Waals surface area contributed by atoms with Crippen molar-refractivity contribution >= 4 is 24.0 Å². The molecule has 1 aromatic carbocycles. The molecule has 0 heterocycles. The molecule has 0 aromatic heterocycles. The minimum Gasteiger partial charge on any atom is -0.287 e. The average Bonchev–Trinajstić information content (AvgIpc) is 2.71. The first-order valence-corrected chi connectivity index (χ1v) is 12.6. The predicted octanol–water partition coefficient (Wildman–Crippen LogP) is 7.45. The summed E-state index contributed by atoms with van der Waals surface area (Å²) in [6.07, 6.45) is 15.5. The molecule has 1 nitrogen and oxygen atoms in total. The third kappa shape index (κ3) is 4.44. The Bertz CT molecular complexity index is 764. The maximum absolute atomic E-state index is 6.66. The molecule has 0 radical (unpaired) electrons. The van der Waals surface area contributed by atoms with Crippen LogP contribution in [0.4, 0.5) is 0 Å². The van der Waals surface area contributed by atoms with Crippen molar-refractivity contribution in [3.05, 3.63) is 34.3 Å². The normalized spacial score (nSPS) is 32.6. The van der Waals surface area contributed by atoms with Crippen molar-refractivity contribution in [2.45, 2.75) is 89.0 Å². The molecule has 0 saturated heterocycles.